The number of benzene rings is 1. The molecule has 0 saturated heterocycles. The van der Waals surface area contributed by atoms with Crippen LogP contribution in [0.4, 0.5) is 0 Å². The number of carbonyl (C=O) groups is 1. The van der Waals surface area contributed by atoms with Gasteiger partial charge in [0.2, 0.25) is 10.0 Å². The number of nitrogens with one attached hydrogen (secondary N) is 1. The largest absolute Gasteiger partial charge is 0.481 e. The lowest BCUT2D eigenvalue weighted by atomic mass is 9.83. The van der Waals surface area contributed by atoms with E-state index in [1.165, 1.54) is 6.42 Å². The molecule has 1 aromatic carbocycles. The smallest absolute Gasteiger partial charge is 0.303 e. The van der Waals surface area contributed by atoms with E-state index in [1.54, 1.807) is 24.3 Å². The average molecular weight is 378 g/mol. The van der Waals surface area contributed by atoms with Gasteiger partial charge in [-0.25, -0.2) is 13.1 Å². The van der Waals surface area contributed by atoms with Gasteiger partial charge in [-0.05, 0) is 68.4 Å². The lowest BCUT2D eigenvalue weighted by Gasteiger charge is -2.31. The second kappa shape index (κ2) is 8.35. The molecule has 4 atom stereocenters. The minimum absolute atomic E-state index is 0.00243. The quantitative estimate of drug-likeness (QED) is 0.509. The number of sulfonamides is 1. The fraction of sp³-hybridized carbons (Fsp3) is 0.550. The van der Waals surface area contributed by atoms with Crippen molar-refractivity contribution in [3.8, 4) is 0 Å². The molecule has 5 nitrogen and oxygen atoms in total. The third-order valence-electron chi connectivity index (χ3n) is 5.77. The van der Waals surface area contributed by atoms with E-state index >= 15 is 0 Å². The summed E-state index contributed by atoms with van der Waals surface area (Å²) in [4.78, 5) is 10.9. The highest BCUT2D eigenvalue weighted by molar-refractivity contribution is 7.89. The first-order valence-corrected chi connectivity index (χ1v) is 10.9. The molecular weight excluding hydrogens is 350 g/mol. The molecule has 2 fully saturated rings. The molecule has 0 aliphatic heterocycles. The summed E-state index contributed by atoms with van der Waals surface area (Å²) in [5.74, 6) is 0.598. The molecule has 2 saturated carbocycles. The molecule has 2 aliphatic carbocycles. The first kappa shape index (κ1) is 19.1. The fourth-order valence-corrected chi connectivity index (χ4v) is 5.90. The van der Waals surface area contributed by atoms with Gasteiger partial charge in [0.25, 0.3) is 0 Å². The Labute approximate surface area is 155 Å². The minimum Gasteiger partial charge on any atom is -0.481 e. The molecule has 6 heteroatoms. The Kier molecular flexibility index (Phi) is 6.14. The lowest BCUT2D eigenvalue weighted by molar-refractivity contribution is -0.137. The normalized spacial score (nSPS) is 28.0. The number of rotatable bonds is 9. The maximum atomic E-state index is 12.7. The van der Waals surface area contributed by atoms with Crippen molar-refractivity contribution in [3.05, 3.63) is 42.5 Å². The highest BCUT2D eigenvalue weighted by Gasteiger charge is 2.48. The topological polar surface area (TPSA) is 83.5 Å². The zero-order valence-corrected chi connectivity index (χ0v) is 15.7. The van der Waals surface area contributed by atoms with Gasteiger partial charge in [-0.1, -0.05) is 30.4 Å². The van der Waals surface area contributed by atoms with Crippen molar-refractivity contribution in [1.82, 2.24) is 4.72 Å². The van der Waals surface area contributed by atoms with Gasteiger partial charge >= 0.3 is 5.97 Å². The number of fused-ring (bicyclic) bond motifs is 2. The number of unbranched alkanes of at least 4 members (excludes halogenated alkanes) is 1. The van der Waals surface area contributed by atoms with Crippen molar-refractivity contribution in [3.63, 3.8) is 0 Å². The molecule has 0 spiro atoms. The Morgan fingerprint density at radius 1 is 1.15 bits per heavy atom. The van der Waals surface area contributed by atoms with Crippen LogP contribution in [0, 0.1) is 17.8 Å². The van der Waals surface area contributed by atoms with Crippen LogP contribution < -0.4 is 4.72 Å². The van der Waals surface area contributed by atoms with Crippen molar-refractivity contribution in [2.24, 2.45) is 17.8 Å². The molecule has 142 valence electrons. The van der Waals surface area contributed by atoms with Crippen molar-refractivity contribution >= 4 is 16.0 Å². The summed E-state index contributed by atoms with van der Waals surface area (Å²) in [5.41, 5.74) is 0. The van der Waals surface area contributed by atoms with Crippen LogP contribution in [-0.4, -0.2) is 25.5 Å². The van der Waals surface area contributed by atoms with E-state index in [-0.39, 0.29) is 12.5 Å². The highest BCUT2D eigenvalue weighted by Crippen LogP contribution is 2.50. The first-order valence-electron chi connectivity index (χ1n) is 9.41. The zero-order valence-electron chi connectivity index (χ0n) is 14.9. The van der Waals surface area contributed by atoms with Crippen molar-refractivity contribution in [2.45, 2.75) is 55.9 Å². The molecular formula is C20H27NO4S. The molecule has 2 bridgehead atoms. The number of hydrogen-bond acceptors (Lipinski definition) is 3. The molecule has 3 rings (SSSR count). The Morgan fingerprint density at radius 3 is 2.62 bits per heavy atom. The fourth-order valence-electron chi connectivity index (χ4n) is 4.52. The van der Waals surface area contributed by atoms with Crippen molar-refractivity contribution in [2.75, 3.05) is 0 Å². The molecule has 0 amide bonds. The number of carboxylic acids is 1. The van der Waals surface area contributed by atoms with E-state index in [9.17, 15) is 13.2 Å². The van der Waals surface area contributed by atoms with Crippen molar-refractivity contribution < 1.29 is 18.3 Å². The standard InChI is InChI=1S/C20H27NO4S/c22-19(23)11-7-2-1-6-10-18-15-12-13-16(14-15)20(18)21-26(24,25)17-8-4-3-5-9-17/h1,3-6,8-9,15-16,18,20-21H,2,7,10-14H2,(H,22,23)/b6-1-/t15-,16?,18+,20?/m1/s1. The molecule has 2 aliphatic rings. The van der Waals surface area contributed by atoms with Crippen LogP contribution in [0.1, 0.15) is 44.9 Å². The SMILES string of the molecule is O=C(O)CCC/C=C\C[C@@H]1C(NS(=O)(=O)c2ccccc2)C2CC[C@@H]1C2. The monoisotopic (exact) mass is 377 g/mol. The number of aliphatic carboxylic acids is 1. The van der Waals surface area contributed by atoms with Crippen LogP contribution in [0.15, 0.2) is 47.4 Å². The van der Waals surface area contributed by atoms with Crippen LogP contribution in [0.5, 0.6) is 0 Å². The Morgan fingerprint density at radius 2 is 1.88 bits per heavy atom. The summed E-state index contributed by atoms with van der Waals surface area (Å²) in [5, 5.41) is 8.66. The maximum Gasteiger partial charge on any atom is 0.303 e. The van der Waals surface area contributed by atoms with Crippen LogP contribution in [0.25, 0.3) is 0 Å². The zero-order chi connectivity index (χ0) is 18.6. The van der Waals surface area contributed by atoms with Crippen LogP contribution in [0.2, 0.25) is 0 Å². The predicted octanol–water partition coefficient (Wildman–Crippen LogP) is 3.58. The summed E-state index contributed by atoms with van der Waals surface area (Å²) in [6.45, 7) is 0. The first-order chi connectivity index (χ1) is 12.5. The second-order valence-electron chi connectivity index (χ2n) is 7.45. The maximum absolute atomic E-state index is 12.7. The molecule has 2 unspecified atom stereocenters. The van der Waals surface area contributed by atoms with Gasteiger partial charge in [-0.3, -0.25) is 4.79 Å². The van der Waals surface area contributed by atoms with Crippen molar-refractivity contribution in [1.29, 1.82) is 0 Å². The summed E-state index contributed by atoms with van der Waals surface area (Å²) in [7, 11) is -3.49. The van der Waals surface area contributed by atoms with E-state index < -0.39 is 16.0 Å². The number of hydrogen-bond donors (Lipinski definition) is 2. The summed E-state index contributed by atoms with van der Waals surface area (Å²) >= 11 is 0. The number of carboxylic acid groups (broad SMARTS) is 1. The molecule has 26 heavy (non-hydrogen) atoms. The van der Waals surface area contributed by atoms with E-state index in [1.807, 2.05) is 12.1 Å². The second-order valence-corrected chi connectivity index (χ2v) is 9.16. The summed E-state index contributed by atoms with van der Waals surface area (Å²) < 4.78 is 28.4. The predicted molar refractivity (Wildman–Crippen MR) is 100 cm³/mol. The lowest BCUT2D eigenvalue weighted by Crippen LogP contribution is -2.43. The van der Waals surface area contributed by atoms with Gasteiger partial charge in [0.05, 0.1) is 4.90 Å². The molecule has 0 heterocycles. The average Bonchev–Trinajstić information content (AvgIpc) is 3.20. The molecule has 0 aromatic heterocycles. The van der Waals surface area contributed by atoms with Crippen LogP contribution >= 0.6 is 0 Å². The van der Waals surface area contributed by atoms with Crippen LogP contribution in [0.3, 0.4) is 0 Å². The Bertz CT molecular complexity index is 744. The van der Waals surface area contributed by atoms with Gasteiger partial charge < -0.3 is 5.11 Å². The van der Waals surface area contributed by atoms with E-state index in [4.69, 9.17) is 5.11 Å². The van der Waals surface area contributed by atoms with Gasteiger partial charge in [0.15, 0.2) is 0 Å². The van der Waals surface area contributed by atoms with E-state index in [2.05, 4.69) is 10.8 Å². The Hall–Kier alpha value is -1.66. The van der Waals surface area contributed by atoms with Gasteiger partial charge in [-0.15, -0.1) is 0 Å². The number of allylic oxidation sites excluding steroid dienone is 2. The molecule has 1 aromatic rings. The highest BCUT2D eigenvalue weighted by atomic mass is 32.2. The third kappa shape index (κ3) is 4.54. The third-order valence-corrected chi connectivity index (χ3v) is 7.24. The minimum atomic E-state index is -3.49. The summed E-state index contributed by atoms with van der Waals surface area (Å²) in [6, 6.07) is 8.57. The van der Waals surface area contributed by atoms with Crippen LogP contribution in [-0.2, 0) is 14.8 Å². The van der Waals surface area contributed by atoms with Gasteiger partial charge in [0, 0.05) is 12.5 Å². The van der Waals surface area contributed by atoms with E-state index in [0.717, 1.165) is 25.7 Å². The Balaban J connectivity index is 1.60. The van der Waals surface area contributed by atoms with E-state index in [0.29, 0.717) is 29.1 Å². The molecule has 0 radical (unpaired) electrons. The van der Waals surface area contributed by atoms with Gasteiger partial charge in [0.1, 0.15) is 0 Å². The van der Waals surface area contributed by atoms with Gasteiger partial charge in [-0.2, -0.15) is 0 Å². The molecule has 2 N–H and O–H groups in total. The summed E-state index contributed by atoms with van der Waals surface area (Å²) in [6.07, 6.45) is 10.00.